The van der Waals surface area contributed by atoms with Gasteiger partial charge in [-0.25, -0.2) is 0 Å². The number of carbonyl (C=O) groups excluding carboxylic acids is 2. The first kappa shape index (κ1) is 35.4. The Bertz CT molecular complexity index is 1590. The minimum atomic E-state index is -2.15. The minimum Gasteiger partial charge on any atom is -0.497 e. The van der Waals surface area contributed by atoms with Crippen LogP contribution in [0.15, 0.2) is 72.8 Å². The molecule has 8 heteroatoms. The molecular weight excluding hydrogens is 629 g/mol. The largest absolute Gasteiger partial charge is 0.497 e. The SMILES string of the molecule is COc1ccc([Si](C)(C)[C@H]2[C@H](C)[C@H](CCc3cccc(N4CCCCCCC4=O)c3)O[C@@H]2CC(=O)N2Cc3ccccc3C[C@H]2CO)cc1. The third-order valence-electron chi connectivity index (χ3n) is 11.6. The van der Waals surface area contributed by atoms with Gasteiger partial charge < -0.3 is 24.4 Å². The van der Waals surface area contributed by atoms with Gasteiger partial charge in [-0.2, -0.15) is 0 Å². The molecule has 3 heterocycles. The number of aliphatic hydroxyl groups is 1. The fourth-order valence-electron chi connectivity index (χ4n) is 8.80. The van der Waals surface area contributed by atoms with Crippen LogP contribution in [0.5, 0.6) is 5.75 Å². The second-order valence-electron chi connectivity index (χ2n) is 15.0. The Hall–Kier alpha value is -3.46. The number of benzene rings is 3. The summed E-state index contributed by atoms with van der Waals surface area (Å²) in [5, 5.41) is 11.7. The van der Waals surface area contributed by atoms with Gasteiger partial charge in [0.25, 0.3) is 0 Å². The van der Waals surface area contributed by atoms with Crippen LogP contribution >= 0.6 is 0 Å². The van der Waals surface area contributed by atoms with Crippen LogP contribution in [0.25, 0.3) is 0 Å². The van der Waals surface area contributed by atoms with Crippen molar-refractivity contribution in [3.05, 3.63) is 89.5 Å². The number of rotatable bonds is 10. The molecule has 0 unspecified atom stereocenters. The molecule has 2 saturated heterocycles. The molecule has 0 saturated carbocycles. The topological polar surface area (TPSA) is 79.3 Å². The Labute approximate surface area is 293 Å². The number of methoxy groups -OCH3 is 1. The molecule has 0 aromatic heterocycles. The van der Waals surface area contributed by atoms with E-state index < -0.39 is 8.07 Å². The third kappa shape index (κ3) is 7.82. The monoisotopic (exact) mass is 682 g/mol. The summed E-state index contributed by atoms with van der Waals surface area (Å²) >= 11 is 0. The average Bonchev–Trinajstić information content (AvgIpc) is 3.43. The van der Waals surface area contributed by atoms with Crippen LogP contribution in [0.2, 0.25) is 18.6 Å². The van der Waals surface area contributed by atoms with E-state index in [4.69, 9.17) is 9.47 Å². The van der Waals surface area contributed by atoms with Crippen molar-refractivity contribution in [3.63, 3.8) is 0 Å². The molecule has 0 radical (unpaired) electrons. The van der Waals surface area contributed by atoms with E-state index in [1.807, 2.05) is 34.1 Å². The molecule has 7 nitrogen and oxygen atoms in total. The fourth-order valence-corrected chi connectivity index (χ4v) is 12.9. The lowest BCUT2D eigenvalue weighted by molar-refractivity contribution is -0.138. The molecule has 49 heavy (non-hydrogen) atoms. The van der Waals surface area contributed by atoms with Crippen LogP contribution in [0, 0.1) is 5.92 Å². The van der Waals surface area contributed by atoms with Crippen molar-refractivity contribution in [1.82, 2.24) is 4.90 Å². The maximum absolute atomic E-state index is 14.2. The van der Waals surface area contributed by atoms with Crippen molar-refractivity contribution >= 4 is 30.8 Å². The zero-order chi connectivity index (χ0) is 34.5. The van der Waals surface area contributed by atoms with Gasteiger partial charge in [-0.3, -0.25) is 9.59 Å². The standard InChI is InChI=1S/C41H54N2O5Si/c1-29-37(22-17-30-12-11-15-33(24-30)42-23-10-6-5-7-16-39(42)45)48-38(41(29)49(3,4)36-20-18-35(47-2)19-21-36)26-40(46)43-27-32-14-9-8-13-31(32)25-34(43)28-44/h8-9,11-15,18-21,24,29,34,37-38,41,44H,5-7,10,16-17,22-23,25-28H2,1-4H3/t29-,34+,37+,38-,41+/m1/s1. The number of anilines is 1. The lowest BCUT2D eigenvalue weighted by atomic mass is 9.93. The van der Waals surface area contributed by atoms with Crippen LogP contribution < -0.4 is 14.8 Å². The highest BCUT2D eigenvalue weighted by molar-refractivity contribution is 6.91. The zero-order valence-corrected chi connectivity index (χ0v) is 30.8. The summed E-state index contributed by atoms with van der Waals surface area (Å²) in [7, 11) is -0.458. The molecule has 262 valence electrons. The van der Waals surface area contributed by atoms with E-state index in [-0.39, 0.29) is 48.1 Å². The Balaban J connectivity index is 1.22. The van der Waals surface area contributed by atoms with Gasteiger partial charge in [0.15, 0.2) is 0 Å². The maximum Gasteiger partial charge on any atom is 0.226 e. The van der Waals surface area contributed by atoms with Crippen LogP contribution in [-0.2, 0) is 33.7 Å². The van der Waals surface area contributed by atoms with E-state index in [1.165, 1.54) is 22.7 Å². The number of amides is 2. The number of carbonyl (C=O) groups is 2. The van der Waals surface area contributed by atoms with E-state index in [0.29, 0.717) is 25.8 Å². The summed E-state index contributed by atoms with van der Waals surface area (Å²) in [6, 6.07) is 25.0. The van der Waals surface area contributed by atoms with Crippen LogP contribution in [0.3, 0.4) is 0 Å². The molecule has 1 N–H and O–H groups in total. The average molecular weight is 683 g/mol. The summed E-state index contributed by atoms with van der Waals surface area (Å²) in [6.07, 6.45) is 7.42. The predicted octanol–water partition coefficient (Wildman–Crippen LogP) is 6.65. The van der Waals surface area contributed by atoms with Gasteiger partial charge in [-0.1, -0.05) is 86.6 Å². The first-order chi connectivity index (χ1) is 23.7. The molecule has 2 amide bonds. The number of aliphatic hydroxyl groups excluding tert-OH is 1. The Morgan fingerprint density at radius 3 is 2.47 bits per heavy atom. The Morgan fingerprint density at radius 2 is 1.71 bits per heavy atom. The smallest absolute Gasteiger partial charge is 0.226 e. The van der Waals surface area contributed by atoms with Gasteiger partial charge in [0.2, 0.25) is 11.8 Å². The number of ether oxygens (including phenoxy) is 2. The highest BCUT2D eigenvalue weighted by atomic mass is 28.3. The molecule has 3 aromatic carbocycles. The van der Waals surface area contributed by atoms with E-state index in [2.05, 4.69) is 68.5 Å². The van der Waals surface area contributed by atoms with Gasteiger partial charge in [0.1, 0.15) is 5.75 Å². The lowest BCUT2D eigenvalue weighted by Gasteiger charge is -2.39. The lowest BCUT2D eigenvalue weighted by Crippen LogP contribution is -2.52. The third-order valence-corrected chi connectivity index (χ3v) is 16.0. The van der Waals surface area contributed by atoms with E-state index in [0.717, 1.165) is 55.6 Å². The van der Waals surface area contributed by atoms with Crippen molar-refractivity contribution in [2.75, 3.05) is 25.2 Å². The van der Waals surface area contributed by atoms with Crippen molar-refractivity contribution in [2.24, 2.45) is 5.92 Å². The second-order valence-corrected chi connectivity index (χ2v) is 19.7. The van der Waals surface area contributed by atoms with Gasteiger partial charge in [-0.15, -0.1) is 0 Å². The number of hydrogen-bond donors (Lipinski definition) is 1. The molecule has 3 aromatic rings. The zero-order valence-electron chi connectivity index (χ0n) is 29.8. The van der Waals surface area contributed by atoms with Crippen LogP contribution in [0.1, 0.15) is 68.6 Å². The van der Waals surface area contributed by atoms with Crippen LogP contribution in [0.4, 0.5) is 5.69 Å². The van der Waals surface area contributed by atoms with Crippen molar-refractivity contribution in [3.8, 4) is 5.75 Å². The van der Waals surface area contributed by atoms with Crippen molar-refractivity contribution in [1.29, 1.82) is 0 Å². The van der Waals surface area contributed by atoms with Crippen LogP contribution in [-0.4, -0.2) is 68.4 Å². The summed E-state index contributed by atoms with van der Waals surface area (Å²) in [5.74, 6) is 1.39. The molecule has 3 aliphatic heterocycles. The van der Waals surface area contributed by atoms with Gasteiger partial charge in [0, 0.05) is 25.2 Å². The number of aryl methyl sites for hydroxylation is 1. The first-order valence-electron chi connectivity index (χ1n) is 18.4. The van der Waals surface area contributed by atoms with Crippen molar-refractivity contribution in [2.45, 2.75) is 108 Å². The number of hydrogen-bond acceptors (Lipinski definition) is 5. The van der Waals surface area contributed by atoms with Gasteiger partial charge in [0.05, 0.1) is 46.5 Å². The second kappa shape index (κ2) is 15.6. The summed E-state index contributed by atoms with van der Waals surface area (Å²) in [5.41, 5.74) is 4.80. The molecule has 0 aliphatic carbocycles. The minimum absolute atomic E-state index is 0.00975. The first-order valence-corrected chi connectivity index (χ1v) is 21.4. The van der Waals surface area contributed by atoms with E-state index in [1.54, 1.807) is 7.11 Å². The van der Waals surface area contributed by atoms with E-state index >= 15 is 0 Å². The molecular formula is C41H54N2O5Si. The predicted molar refractivity (Wildman–Crippen MR) is 198 cm³/mol. The molecule has 0 spiro atoms. The molecule has 0 bridgehead atoms. The summed E-state index contributed by atoms with van der Waals surface area (Å²) in [6.45, 7) is 8.40. The molecule has 5 atom stereocenters. The van der Waals surface area contributed by atoms with Crippen molar-refractivity contribution < 1.29 is 24.2 Å². The van der Waals surface area contributed by atoms with E-state index in [9.17, 15) is 14.7 Å². The molecule has 6 rings (SSSR count). The normalized spacial score (nSPS) is 24.7. The number of nitrogens with zero attached hydrogens (tertiary/aromatic N) is 2. The Kier molecular flexibility index (Phi) is 11.3. The van der Waals surface area contributed by atoms with Gasteiger partial charge >= 0.3 is 0 Å². The fraction of sp³-hybridized carbons (Fsp3) is 0.512. The summed E-state index contributed by atoms with van der Waals surface area (Å²) in [4.78, 5) is 31.0. The molecule has 2 fully saturated rings. The number of fused-ring (bicyclic) bond motifs is 1. The molecule has 3 aliphatic rings. The highest BCUT2D eigenvalue weighted by Crippen LogP contribution is 2.47. The quantitative estimate of drug-likeness (QED) is 0.243. The summed E-state index contributed by atoms with van der Waals surface area (Å²) < 4.78 is 12.5. The Morgan fingerprint density at radius 1 is 0.959 bits per heavy atom. The van der Waals surface area contributed by atoms with Gasteiger partial charge in [-0.05, 0) is 84.5 Å². The highest BCUT2D eigenvalue weighted by Gasteiger charge is 2.51. The maximum atomic E-state index is 14.2.